The molecule has 0 unspecified atom stereocenters. The number of nitrogens with zero attached hydrogens (tertiary/aromatic N) is 1. The van der Waals surface area contributed by atoms with Crippen molar-refractivity contribution in [1.82, 2.24) is 0 Å². The number of nitrogens with one attached hydrogen (secondary N) is 1. The second-order valence-corrected chi connectivity index (χ2v) is 5.65. The van der Waals surface area contributed by atoms with Gasteiger partial charge in [0.05, 0.1) is 16.8 Å². The Hall–Kier alpha value is -2.71. The number of carbonyl (C=O) groups excluding carboxylic acids is 1. The van der Waals surface area contributed by atoms with Crippen LogP contribution in [0.25, 0.3) is 0 Å². The highest BCUT2D eigenvalue weighted by Crippen LogP contribution is 2.37. The van der Waals surface area contributed by atoms with Crippen molar-refractivity contribution in [3.05, 3.63) is 59.2 Å². The highest BCUT2D eigenvalue weighted by molar-refractivity contribution is 6.05. The van der Waals surface area contributed by atoms with Gasteiger partial charge in [-0.25, -0.2) is 0 Å². The first-order chi connectivity index (χ1) is 11.9. The fourth-order valence-corrected chi connectivity index (χ4v) is 2.19. The highest BCUT2D eigenvalue weighted by Gasteiger charge is 2.35. The van der Waals surface area contributed by atoms with Crippen molar-refractivity contribution in [1.29, 1.82) is 0 Å². The quantitative estimate of drug-likeness (QED) is 0.761. The average molecular weight is 376 g/mol. The van der Waals surface area contributed by atoms with E-state index in [-0.39, 0.29) is 5.69 Å². The van der Waals surface area contributed by atoms with Gasteiger partial charge in [0.1, 0.15) is 0 Å². The smallest absolute Gasteiger partial charge is 0.378 e. The summed E-state index contributed by atoms with van der Waals surface area (Å²) >= 11 is 0. The average Bonchev–Trinajstić information content (AvgIpc) is 2.53. The number of benzene rings is 2. The number of alkyl halides is 6. The summed E-state index contributed by atoms with van der Waals surface area (Å²) in [6.07, 6.45) is -9.41. The van der Waals surface area contributed by atoms with Crippen LogP contribution in [0.4, 0.5) is 37.7 Å². The Morgan fingerprint density at radius 2 is 1.58 bits per heavy atom. The molecular formula is C17H14F6N2O. The van der Waals surface area contributed by atoms with Crippen LogP contribution in [-0.2, 0) is 12.4 Å². The Bertz CT molecular complexity index is 812. The van der Waals surface area contributed by atoms with Crippen LogP contribution in [0.3, 0.4) is 0 Å². The number of carbonyl (C=O) groups is 1. The van der Waals surface area contributed by atoms with Crippen molar-refractivity contribution in [2.45, 2.75) is 12.4 Å². The van der Waals surface area contributed by atoms with Crippen LogP contribution < -0.4 is 10.2 Å². The molecule has 0 fully saturated rings. The monoisotopic (exact) mass is 376 g/mol. The molecule has 0 saturated carbocycles. The van der Waals surface area contributed by atoms with Gasteiger partial charge in [-0.1, -0.05) is 6.07 Å². The lowest BCUT2D eigenvalue weighted by molar-refractivity contribution is -0.138. The molecular weight excluding hydrogens is 362 g/mol. The lowest BCUT2D eigenvalue weighted by atomic mass is 10.1. The van der Waals surface area contributed by atoms with Crippen LogP contribution >= 0.6 is 0 Å². The Labute approximate surface area is 145 Å². The minimum atomic E-state index is -4.75. The van der Waals surface area contributed by atoms with Gasteiger partial charge >= 0.3 is 12.4 Å². The van der Waals surface area contributed by atoms with E-state index in [0.717, 1.165) is 30.3 Å². The normalized spacial score (nSPS) is 12.0. The van der Waals surface area contributed by atoms with Crippen molar-refractivity contribution in [3.8, 4) is 0 Å². The maximum atomic E-state index is 13.2. The van der Waals surface area contributed by atoms with E-state index in [1.54, 1.807) is 14.1 Å². The molecule has 0 bridgehead atoms. The van der Waals surface area contributed by atoms with Crippen molar-refractivity contribution in [2.75, 3.05) is 24.3 Å². The number of rotatable bonds is 3. The predicted octanol–water partition coefficient (Wildman–Crippen LogP) is 5.04. The van der Waals surface area contributed by atoms with Gasteiger partial charge in [-0.15, -0.1) is 0 Å². The summed E-state index contributed by atoms with van der Waals surface area (Å²) in [4.78, 5) is 13.6. The third kappa shape index (κ3) is 4.47. The van der Waals surface area contributed by atoms with Gasteiger partial charge < -0.3 is 10.2 Å². The second-order valence-electron chi connectivity index (χ2n) is 5.65. The standard InChI is InChI=1S/C17H14F6N2O/c1-25(2)12-6-7-14(13(9-12)17(21,22)23)24-15(26)10-4-3-5-11(8-10)16(18,19)20/h3-9H,1-2H3,(H,24,26). The number of amides is 1. The molecule has 0 heterocycles. The first kappa shape index (κ1) is 19.6. The molecule has 0 saturated heterocycles. The first-order valence-electron chi connectivity index (χ1n) is 7.27. The Morgan fingerprint density at radius 1 is 0.923 bits per heavy atom. The number of hydrogen-bond donors (Lipinski definition) is 1. The van der Waals surface area contributed by atoms with E-state index in [9.17, 15) is 31.1 Å². The summed E-state index contributed by atoms with van der Waals surface area (Å²) in [5, 5.41) is 2.03. The molecule has 1 N–H and O–H groups in total. The zero-order valence-corrected chi connectivity index (χ0v) is 13.7. The molecule has 2 aromatic rings. The van der Waals surface area contributed by atoms with E-state index in [1.807, 2.05) is 5.32 Å². The maximum Gasteiger partial charge on any atom is 0.418 e. The Kier molecular flexibility index (Phi) is 5.20. The van der Waals surface area contributed by atoms with Crippen LogP contribution in [0.1, 0.15) is 21.5 Å². The van der Waals surface area contributed by atoms with Crippen LogP contribution in [-0.4, -0.2) is 20.0 Å². The summed E-state index contributed by atoms with van der Waals surface area (Å²) in [5.74, 6) is -1.07. The zero-order chi connectivity index (χ0) is 19.7. The van der Waals surface area contributed by atoms with E-state index < -0.39 is 40.6 Å². The maximum absolute atomic E-state index is 13.2. The van der Waals surface area contributed by atoms with Crippen molar-refractivity contribution < 1.29 is 31.1 Å². The zero-order valence-electron chi connectivity index (χ0n) is 13.7. The fraction of sp³-hybridized carbons (Fsp3) is 0.235. The van der Waals surface area contributed by atoms with Crippen LogP contribution in [0.5, 0.6) is 0 Å². The van der Waals surface area contributed by atoms with Crippen molar-refractivity contribution in [3.63, 3.8) is 0 Å². The first-order valence-corrected chi connectivity index (χ1v) is 7.27. The lowest BCUT2D eigenvalue weighted by Crippen LogP contribution is -2.18. The van der Waals surface area contributed by atoms with Crippen molar-refractivity contribution >= 4 is 17.3 Å². The summed E-state index contributed by atoms with van der Waals surface area (Å²) in [6.45, 7) is 0. The number of hydrogen-bond acceptors (Lipinski definition) is 2. The summed E-state index contributed by atoms with van der Waals surface area (Å²) in [6, 6.07) is 6.71. The van der Waals surface area contributed by atoms with Gasteiger partial charge in [0, 0.05) is 25.3 Å². The molecule has 0 aliphatic heterocycles. The minimum Gasteiger partial charge on any atom is -0.378 e. The molecule has 0 aliphatic rings. The Morgan fingerprint density at radius 3 is 2.12 bits per heavy atom. The number of anilines is 2. The molecule has 2 aromatic carbocycles. The third-order valence-electron chi connectivity index (χ3n) is 3.53. The van der Waals surface area contributed by atoms with Gasteiger partial charge in [0.25, 0.3) is 5.91 Å². The SMILES string of the molecule is CN(C)c1ccc(NC(=O)c2cccc(C(F)(F)F)c2)c(C(F)(F)F)c1. The molecule has 2 rings (SSSR count). The molecule has 0 aromatic heterocycles. The van der Waals surface area contributed by atoms with E-state index >= 15 is 0 Å². The van der Waals surface area contributed by atoms with Crippen LogP contribution in [0, 0.1) is 0 Å². The van der Waals surface area contributed by atoms with Gasteiger partial charge in [0.15, 0.2) is 0 Å². The van der Waals surface area contributed by atoms with E-state index in [2.05, 4.69) is 0 Å². The highest BCUT2D eigenvalue weighted by atomic mass is 19.4. The fourth-order valence-electron chi connectivity index (χ4n) is 2.19. The lowest BCUT2D eigenvalue weighted by Gasteiger charge is -2.19. The van der Waals surface area contributed by atoms with Gasteiger partial charge in [-0.3, -0.25) is 4.79 Å². The molecule has 26 heavy (non-hydrogen) atoms. The molecule has 0 atom stereocenters. The van der Waals surface area contributed by atoms with E-state index in [4.69, 9.17) is 0 Å². The molecule has 3 nitrogen and oxygen atoms in total. The van der Waals surface area contributed by atoms with Gasteiger partial charge in [0.2, 0.25) is 0 Å². The third-order valence-corrected chi connectivity index (χ3v) is 3.53. The molecule has 0 spiro atoms. The summed E-state index contributed by atoms with van der Waals surface area (Å²) in [5.41, 5.74) is -2.84. The topological polar surface area (TPSA) is 32.3 Å². The largest absolute Gasteiger partial charge is 0.418 e. The van der Waals surface area contributed by atoms with Crippen LogP contribution in [0.2, 0.25) is 0 Å². The van der Waals surface area contributed by atoms with Crippen molar-refractivity contribution in [2.24, 2.45) is 0 Å². The molecule has 9 heteroatoms. The van der Waals surface area contributed by atoms with E-state index in [1.165, 1.54) is 11.0 Å². The second kappa shape index (κ2) is 6.89. The molecule has 0 radical (unpaired) electrons. The minimum absolute atomic E-state index is 0.259. The molecule has 140 valence electrons. The molecule has 0 aliphatic carbocycles. The van der Waals surface area contributed by atoms with Crippen LogP contribution in [0.15, 0.2) is 42.5 Å². The van der Waals surface area contributed by atoms with Gasteiger partial charge in [-0.05, 0) is 36.4 Å². The molecule has 1 amide bonds. The summed E-state index contributed by atoms with van der Waals surface area (Å²) < 4.78 is 77.9. The predicted molar refractivity (Wildman–Crippen MR) is 85.2 cm³/mol. The Balaban J connectivity index is 2.38. The van der Waals surface area contributed by atoms with Gasteiger partial charge in [-0.2, -0.15) is 26.3 Å². The number of halogens is 6. The summed E-state index contributed by atoms with van der Waals surface area (Å²) in [7, 11) is 3.10. The van der Waals surface area contributed by atoms with E-state index in [0.29, 0.717) is 6.07 Å².